The molecule has 64 heavy (non-hydrogen) atoms. The largest absolute Gasteiger partial charge is 0.497 e. The molecule has 3 aromatic heterocycles. The van der Waals surface area contributed by atoms with Gasteiger partial charge in [-0.3, -0.25) is 19.2 Å². The summed E-state index contributed by atoms with van der Waals surface area (Å²) in [6.45, 7) is 10.3. The molecule has 344 valence electrons. The monoisotopic (exact) mass is 898 g/mol. The fourth-order valence-corrected chi connectivity index (χ4v) is 9.23. The van der Waals surface area contributed by atoms with Gasteiger partial charge in [0.15, 0.2) is 11.0 Å². The zero-order valence-electron chi connectivity index (χ0n) is 37.9. The number of Topliss-reactive ketones (excluding diaryl/α,β-unsaturated/α-hetero) is 1. The van der Waals surface area contributed by atoms with Crippen molar-refractivity contribution < 1.29 is 23.9 Å². The van der Waals surface area contributed by atoms with Gasteiger partial charge in [0.05, 0.1) is 19.3 Å². The minimum Gasteiger partial charge on any atom is -0.497 e. The lowest BCUT2D eigenvalue weighted by molar-refractivity contribution is -0.154. The maximum Gasteiger partial charge on any atom is 0.291 e. The second-order valence-electron chi connectivity index (χ2n) is 17.6. The van der Waals surface area contributed by atoms with Crippen LogP contribution in [0.1, 0.15) is 93.5 Å². The number of fused-ring (bicyclic) bond motifs is 1. The predicted octanol–water partition coefficient (Wildman–Crippen LogP) is 3.57. The molecule has 6 heterocycles. The van der Waals surface area contributed by atoms with Crippen molar-refractivity contribution in [3.05, 3.63) is 52.0 Å². The van der Waals surface area contributed by atoms with E-state index < -0.39 is 35.1 Å². The Bertz CT molecular complexity index is 2300. The smallest absolute Gasteiger partial charge is 0.291 e. The maximum absolute atomic E-state index is 14.5. The third kappa shape index (κ3) is 10.9. The van der Waals surface area contributed by atoms with E-state index in [1.54, 1.807) is 25.9 Å². The minimum atomic E-state index is -0.876. The number of methoxy groups -OCH3 is 1. The van der Waals surface area contributed by atoms with Crippen LogP contribution in [-0.2, 0) is 51.5 Å². The quantitative estimate of drug-likeness (QED) is 0.0986. The molecule has 3 aliphatic rings. The lowest BCUT2D eigenvalue weighted by atomic mass is 9.84. The topological polar surface area (TPSA) is 232 Å². The first-order chi connectivity index (χ1) is 30.7. The van der Waals surface area contributed by atoms with Gasteiger partial charge in [-0.1, -0.05) is 32.9 Å². The van der Waals surface area contributed by atoms with Gasteiger partial charge in [0.1, 0.15) is 23.7 Å². The number of nitrogens with zero attached hydrogens (tertiary/aromatic N) is 10. The van der Waals surface area contributed by atoms with Crippen molar-refractivity contribution in [3.8, 4) is 5.75 Å². The van der Waals surface area contributed by atoms with Gasteiger partial charge >= 0.3 is 0 Å². The molecule has 0 bridgehead atoms. The Morgan fingerprint density at radius 2 is 1.77 bits per heavy atom. The highest BCUT2D eigenvalue weighted by Crippen LogP contribution is 2.27. The summed E-state index contributed by atoms with van der Waals surface area (Å²) in [6.07, 6.45) is 6.42. The summed E-state index contributed by atoms with van der Waals surface area (Å²) in [7, 11) is 3.52. The second kappa shape index (κ2) is 20.3. The van der Waals surface area contributed by atoms with Gasteiger partial charge in [0.25, 0.3) is 5.91 Å². The molecule has 0 radical (unpaired) electrons. The second-order valence-corrected chi connectivity index (χ2v) is 18.7. The Morgan fingerprint density at radius 1 is 0.984 bits per heavy atom. The number of amides is 3. The summed E-state index contributed by atoms with van der Waals surface area (Å²) in [4.78, 5) is 80.4. The summed E-state index contributed by atoms with van der Waals surface area (Å²) in [5, 5.41) is 19.2. The summed E-state index contributed by atoms with van der Waals surface area (Å²) in [6, 6.07) is 5.70. The highest BCUT2D eigenvalue weighted by Gasteiger charge is 2.41. The fraction of sp³-hybridized carbons (Fsp3) is 0.591. The van der Waals surface area contributed by atoms with E-state index in [0.717, 1.165) is 59.3 Å². The van der Waals surface area contributed by atoms with E-state index in [1.807, 2.05) is 50.1 Å². The Labute approximate surface area is 378 Å². The van der Waals surface area contributed by atoms with E-state index in [9.17, 15) is 19.2 Å². The van der Waals surface area contributed by atoms with Crippen molar-refractivity contribution in [1.82, 2.24) is 49.8 Å². The number of ketones is 1. The van der Waals surface area contributed by atoms with Gasteiger partial charge in [0, 0.05) is 68.9 Å². The number of nitrogens with one attached hydrogen (secondary N) is 3. The highest BCUT2D eigenvalue weighted by atomic mass is 32.1. The van der Waals surface area contributed by atoms with Crippen LogP contribution in [0.5, 0.6) is 5.75 Å². The van der Waals surface area contributed by atoms with Crippen molar-refractivity contribution >= 4 is 57.8 Å². The summed E-state index contributed by atoms with van der Waals surface area (Å²) in [5.41, 5.74) is 6.98. The maximum atomic E-state index is 14.5. The van der Waals surface area contributed by atoms with Crippen LogP contribution in [0.3, 0.4) is 0 Å². The van der Waals surface area contributed by atoms with E-state index in [1.165, 1.54) is 16.2 Å². The number of likely N-dealkylation sites (tertiary alicyclic amines) is 2. The number of aryl methyl sites for hydroxylation is 3. The first-order valence-corrected chi connectivity index (χ1v) is 23.2. The van der Waals surface area contributed by atoms with Crippen molar-refractivity contribution in [2.24, 2.45) is 5.41 Å². The van der Waals surface area contributed by atoms with Crippen LogP contribution in [0, 0.1) is 12.3 Å². The van der Waals surface area contributed by atoms with Crippen molar-refractivity contribution in [3.63, 3.8) is 0 Å². The highest BCUT2D eigenvalue weighted by molar-refractivity contribution is 7.15. The average Bonchev–Trinajstić information content (AvgIpc) is 4.11. The Kier molecular flexibility index (Phi) is 14.6. The van der Waals surface area contributed by atoms with Gasteiger partial charge in [-0.25, -0.2) is 4.98 Å². The van der Waals surface area contributed by atoms with E-state index in [2.05, 4.69) is 35.7 Å². The van der Waals surface area contributed by atoms with Crippen LogP contribution in [0.15, 0.2) is 24.3 Å². The number of rotatable bonds is 19. The summed E-state index contributed by atoms with van der Waals surface area (Å²) >= 11 is 1.46. The van der Waals surface area contributed by atoms with E-state index in [4.69, 9.17) is 25.4 Å². The third-order valence-electron chi connectivity index (χ3n) is 12.7. The zero-order valence-corrected chi connectivity index (χ0v) is 38.7. The number of carbonyl (C=O) groups excluding carboxylic acids is 4. The summed E-state index contributed by atoms with van der Waals surface area (Å²) < 4.78 is 7.48. The van der Waals surface area contributed by atoms with Gasteiger partial charge in [-0.2, -0.15) is 15.0 Å². The number of piperidine rings is 1. The van der Waals surface area contributed by atoms with Crippen molar-refractivity contribution in [2.45, 2.75) is 123 Å². The third-order valence-corrected chi connectivity index (χ3v) is 13.7. The van der Waals surface area contributed by atoms with E-state index in [-0.39, 0.29) is 11.9 Å². The number of thiazole rings is 1. The number of ether oxygens (including phenoxy) is 1. The van der Waals surface area contributed by atoms with E-state index in [0.29, 0.717) is 101 Å². The number of aromatic nitrogens is 7. The predicted molar refractivity (Wildman–Crippen MR) is 244 cm³/mol. The number of hydrogen-bond acceptors (Lipinski definition) is 16. The standard InChI is InChI=1S/C44H62N14O5S/c1-7-44(3,4)36(59)39(62)57-22-9-8-11-32(57)37(60)49-31(18-15-28-13-16-30(63-6)17-14-28)38(61)56-24-20-29(25-56)48-42-50-41(46-21-19-33-27(2)47-40(45)64-33)51-43(52-42)55(5)26-35-54-53-34-12-10-23-58(34)35/h13-14,16-17,29,31-32H,7-12,15,18-26H2,1-6H3,(H2,45,47)(H,49,60)(H2,46,48,50,51,52)/t29-,31+,32-/m0/s1. The molecule has 0 spiro atoms. The molecule has 5 N–H and O–H groups in total. The van der Waals surface area contributed by atoms with Gasteiger partial charge in [-0.15, -0.1) is 21.5 Å². The molecule has 0 aliphatic carbocycles. The number of nitrogen functional groups attached to an aromatic ring is 1. The number of carbonyl (C=O) groups is 4. The van der Waals surface area contributed by atoms with Crippen LogP contribution in [0.4, 0.5) is 23.0 Å². The molecule has 3 atom stereocenters. The Hall–Kier alpha value is -5.92. The first-order valence-electron chi connectivity index (χ1n) is 22.4. The molecule has 1 aromatic carbocycles. The number of nitrogens with two attached hydrogens (primary N) is 1. The zero-order chi connectivity index (χ0) is 45.5. The molecule has 7 rings (SSSR count). The van der Waals surface area contributed by atoms with Crippen molar-refractivity contribution in [2.75, 3.05) is 61.6 Å². The van der Waals surface area contributed by atoms with Crippen LogP contribution < -0.4 is 31.3 Å². The summed E-state index contributed by atoms with van der Waals surface area (Å²) in [5.74, 6) is 1.94. The Balaban J connectivity index is 1.06. The lowest BCUT2D eigenvalue weighted by Gasteiger charge is -2.36. The molecule has 3 aliphatic heterocycles. The molecule has 2 saturated heterocycles. The van der Waals surface area contributed by atoms with Gasteiger partial charge in [-0.05, 0) is 76.0 Å². The van der Waals surface area contributed by atoms with Crippen LogP contribution in [0.2, 0.25) is 0 Å². The molecule has 20 heteroatoms. The molecule has 3 amide bonds. The van der Waals surface area contributed by atoms with Crippen LogP contribution in [0.25, 0.3) is 0 Å². The van der Waals surface area contributed by atoms with Gasteiger partial charge in [0.2, 0.25) is 35.4 Å². The molecular weight excluding hydrogens is 837 g/mol. The molecule has 2 fully saturated rings. The normalized spacial score (nSPS) is 17.8. The van der Waals surface area contributed by atoms with Gasteiger partial charge < -0.3 is 45.7 Å². The number of anilines is 4. The average molecular weight is 899 g/mol. The first kappa shape index (κ1) is 46.1. The molecular formula is C44H62N14O5S. The SMILES string of the molecule is CCC(C)(C)C(=O)C(=O)N1CCCC[C@H]1C(=O)N[C@H](CCc1ccc(OC)cc1)C(=O)N1CC[C@H](Nc2nc(NCCc3sc(N)nc3C)nc(N(C)Cc3nnc4n3CCC4)n2)C1. The molecule has 0 unspecified atom stereocenters. The number of hydrogen-bond donors (Lipinski definition) is 4. The fourth-order valence-electron chi connectivity index (χ4n) is 8.40. The lowest BCUT2D eigenvalue weighted by Crippen LogP contribution is -2.58. The molecule has 4 aromatic rings. The molecule has 19 nitrogen and oxygen atoms in total. The number of benzene rings is 1. The van der Waals surface area contributed by atoms with Crippen LogP contribution in [-0.4, -0.2) is 126 Å². The Morgan fingerprint density at radius 3 is 2.50 bits per heavy atom. The van der Waals surface area contributed by atoms with Crippen molar-refractivity contribution in [1.29, 1.82) is 0 Å². The molecule has 0 saturated carbocycles. The van der Waals surface area contributed by atoms with E-state index >= 15 is 0 Å². The van der Waals surface area contributed by atoms with Crippen LogP contribution >= 0.6 is 11.3 Å². The minimum absolute atomic E-state index is 0.197.